The first-order valence-corrected chi connectivity index (χ1v) is 10.7. The van der Waals surface area contributed by atoms with Crippen LogP contribution in [0, 0.1) is 13.8 Å². The van der Waals surface area contributed by atoms with Crippen molar-refractivity contribution in [3.8, 4) is 0 Å². The molecule has 1 amide bonds. The number of fused-ring (bicyclic) bond motifs is 1. The minimum absolute atomic E-state index is 0.0184. The summed E-state index contributed by atoms with van der Waals surface area (Å²) in [5.41, 5.74) is 6.76. The van der Waals surface area contributed by atoms with Crippen molar-refractivity contribution >= 4 is 5.91 Å². The van der Waals surface area contributed by atoms with Crippen LogP contribution in [0.15, 0.2) is 54.6 Å². The quantitative estimate of drug-likeness (QED) is 0.684. The Morgan fingerprint density at radius 3 is 2.67 bits per heavy atom. The van der Waals surface area contributed by atoms with E-state index in [0.29, 0.717) is 12.1 Å². The molecule has 2 heterocycles. The summed E-state index contributed by atoms with van der Waals surface area (Å²) in [6, 6.07) is 18.6. The molecule has 0 saturated heterocycles. The highest BCUT2D eigenvalue weighted by Gasteiger charge is 2.19. The van der Waals surface area contributed by atoms with Crippen LogP contribution in [0.5, 0.6) is 0 Å². The van der Waals surface area contributed by atoms with Gasteiger partial charge in [0.15, 0.2) is 0 Å². The fraction of sp³-hybridized carbons (Fsp3) is 0.360. The molecule has 1 aromatic heterocycles. The number of aromatic nitrogens is 2. The Balaban J connectivity index is 1.35. The standard InChI is InChI=1S/C25H30N4O/c1-18-13-20(3)29(27-18)16-21-7-6-10-23(14-21)25(30)26-19(2)15-28-12-11-22-8-4-5-9-24(22)17-28/h4-10,13-14,19H,11-12,15-17H2,1-3H3,(H,26,30). The van der Waals surface area contributed by atoms with E-state index in [0.717, 1.165) is 43.0 Å². The maximum Gasteiger partial charge on any atom is 0.251 e. The molecule has 1 N–H and O–H groups in total. The van der Waals surface area contributed by atoms with Gasteiger partial charge in [0.25, 0.3) is 5.91 Å². The van der Waals surface area contributed by atoms with Gasteiger partial charge in [0, 0.05) is 36.9 Å². The molecule has 0 radical (unpaired) electrons. The molecule has 1 atom stereocenters. The van der Waals surface area contributed by atoms with Crippen molar-refractivity contribution in [3.63, 3.8) is 0 Å². The van der Waals surface area contributed by atoms with Crippen LogP contribution in [0.4, 0.5) is 0 Å². The van der Waals surface area contributed by atoms with Crippen LogP contribution in [-0.2, 0) is 19.5 Å². The van der Waals surface area contributed by atoms with Crippen LogP contribution in [0.2, 0.25) is 0 Å². The Morgan fingerprint density at radius 1 is 1.10 bits per heavy atom. The molecule has 1 unspecified atom stereocenters. The molecular formula is C25H30N4O. The third-order valence-corrected chi connectivity index (χ3v) is 5.74. The molecule has 0 fully saturated rings. The van der Waals surface area contributed by atoms with Gasteiger partial charge in [-0.2, -0.15) is 5.10 Å². The molecule has 0 spiro atoms. The van der Waals surface area contributed by atoms with Crippen LogP contribution in [0.3, 0.4) is 0 Å². The van der Waals surface area contributed by atoms with E-state index >= 15 is 0 Å². The maximum absolute atomic E-state index is 12.8. The summed E-state index contributed by atoms with van der Waals surface area (Å²) in [7, 11) is 0. The van der Waals surface area contributed by atoms with Crippen molar-refractivity contribution in [2.24, 2.45) is 0 Å². The summed E-state index contributed by atoms with van der Waals surface area (Å²) in [6.07, 6.45) is 1.07. The average molecular weight is 403 g/mol. The number of aryl methyl sites for hydroxylation is 2. The number of carbonyl (C=O) groups is 1. The van der Waals surface area contributed by atoms with Gasteiger partial charge < -0.3 is 5.32 Å². The lowest BCUT2D eigenvalue weighted by atomic mass is 9.99. The fourth-order valence-corrected chi connectivity index (χ4v) is 4.27. The summed E-state index contributed by atoms with van der Waals surface area (Å²) in [5, 5.41) is 7.69. The normalized spacial score (nSPS) is 14.9. The summed E-state index contributed by atoms with van der Waals surface area (Å²) >= 11 is 0. The Morgan fingerprint density at radius 2 is 1.90 bits per heavy atom. The van der Waals surface area contributed by atoms with E-state index in [1.807, 2.05) is 35.9 Å². The molecule has 5 nitrogen and oxygen atoms in total. The smallest absolute Gasteiger partial charge is 0.251 e. The molecule has 0 aliphatic carbocycles. The van der Waals surface area contributed by atoms with Gasteiger partial charge in [0.2, 0.25) is 0 Å². The predicted molar refractivity (Wildman–Crippen MR) is 120 cm³/mol. The van der Waals surface area contributed by atoms with E-state index in [9.17, 15) is 4.79 Å². The molecule has 0 bridgehead atoms. The molecule has 5 heteroatoms. The number of amides is 1. The van der Waals surface area contributed by atoms with Gasteiger partial charge in [-0.15, -0.1) is 0 Å². The van der Waals surface area contributed by atoms with E-state index in [-0.39, 0.29) is 11.9 Å². The zero-order valence-corrected chi connectivity index (χ0v) is 18.1. The highest BCUT2D eigenvalue weighted by atomic mass is 16.1. The number of hydrogen-bond acceptors (Lipinski definition) is 3. The molecule has 156 valence electrons. The Labute approximate surface area is 178 Å². The Hall–Kier alpha value is -2.92. The maximum atomic E-state index is 12.8. The first kappa shape index (κ1) is 20.4. The van der Waals surface area contributed by atoms with Gasteiger partial charge in [-0.1, -0.05) is 36.4 Å². The van der Waals surface area contributed by atoms with Crippen molar-refractivity contribution in [2.75, 3.05) is 13.1 Å². The van der Waals surface area contributed by atoms with Gasteiger partial charge in [-0.25, -0.2) is 0 Å². The average Bonchev–Trinajstić information content (AvgIpc) is 3.04. The van der Waals surface area contributed by atoms with Crippen molar-refractivity contribution in [1.82, 2.24) is 20.0 Å². The second-order valence-electron chi connectivity index (χ2n) is 8.41. The van der Waals surface area contributed by atoms with Crippen LogP contribution >= 0.6 is 0 Å². The van der Waals surface area contributed by atoms with Gasteiger partial charge in [-0.05, 0) is 62.1 Å². The highest BCUT2D eigenvalue weighted by Crippen LogP contribution is 2.18. The minimum atomic E-state index is -0.0184. The Bertz CT molecular complexity index is 1040. The molecule has 30 heavy (non-hydrogen) atoms. The van der Waals surface area contributed by atoms with Gasteiger partial charge >= 0.3 is 0 Å². The number of benzene rings is 2. The number of nitrogens with zero attached hydrogens (tertiary/aromatic N) is 3. The SMILES string of the molecule is Cc1cc(C)n(Cc2cccc(C(=O)NC(C)CN3CCc4ccccc4C3)c2)n1. The molecule has 3 aromatic rings. The third kappa shape index (κ3) is 4.79. The second-order valence-corrected chi connectivity index (χ2v) is 8.41. The minimum Gasteiger partial charge on any atom is -0.348 e. The van der Waals surface area contributed by atoms with E-state index in [2.05, 4.69) is 59.5 Å². The van der Waals surface area contributed by atoms with Crippen LogP contribution in [0.25, 0.3) is 0 Å². The molecule has 4 rings (SSSR count). The summed E-state index contributed by atoms with van der Waals surface area (Å²) in [4.78, 5) is 15.2. The van der Waals surface area contributed by atoms with Crippen molar-refractivity contribution in [3.05, 3.63) is 88.2 Å². The zero-order chi connectivity index (χ0) is 21.1. The van der Waals surface area contributed by atoms with Gasteiger partial charge in [-0.3, -0.25) is 14.4 Å². The molecular weight excluding hydrogens is 372 g/mol. The zero-order valence-electron chi connectivity index (χ0n) is 18.1. The lowest BCUT2D eigenvalue weighted by Crippen LogP contribution is -2.43. The van der Waals surface area contributed by atoms with Crippen molar-refractivity contribution < 1.29 is 4.79 Å². The van der Waals surface area contributed by atoms with E-state index in [1.165, 1.54) is 11.1 Å². The van der Waals surface area contributed by atoms with E-state index in [1.54, 1.807) is 0 Å². The monoisotopic (exact) mass is 402 g/mol. The van der Waals surface area contributed by atoms with E-state index < -0.39 is 0 Å². The van der Waals surface area contributed by atoms with E-state index in [4.69, 9.17) is 0 Å². The first-order valence-electron chi connectivity index (χ1n) is 10.7. The van der Waals surface area contributed by atoms with Gasteiger partial charge in [0.1, 0.15) is 0 Å². The molecule has 1 aliphatic rings. The largest absolute Gasteiger partial charge is 0.348 e. The lowest BCUT2D eigenvalue weighted by molar-refractivity contribution is 0.0927. The summed E-state index contributed by atoms with van der Waals surface area (Å²) in [5.74, 6) is -0.0184. The number of rotatable bonds is 6. The highest BCUT2D eigenvalue weighted by molar-refractivity contribution is 5.94. The van der Waals surface area contributed by atoms with Gasteiger partial charge in [0.05, 0.1) is 12.2 Å². The number of carbonyl (C=O) groups excluding carboxylic acids is 1. The number of hydrogen-bond donors (Lipinski definition) is 1. The predicted octanol–water partition coefficient (Wildman–Crippen LogP) is 3.72. The fourth-order valence-electron chi connectivity index (χ4n) is 4.27. The lowest BCUT2D eigenvalue weighted by Gasteiger charge is -2.31. The van der Waals surface area contributed by atoms with Crippen molar-refractivity contribution in [2.45, 2.75) is 46.3 Å². The van der Waals surface area contributed by atoms with Crippen LogP contribution < -0.4 is 5.32 Å². The van der Waals surface area contributed by atoms with Crippen LogP contribution in [-0.4, -0.2) is 39.7 Å². The molecule has 2 aromatic carbocycles. The summed E-state index contributed by atoms with van der Waals surface area (Å²) < 4.78 is 1.98. The second kappa shape index (κ2) is 8.84. The molecule has 1 aliphatic heterocycles. The number of nitrogens with one attached hydrogen (secondary N) is 1. The topological polar surface area (TPSA) is 50.2 Å². The van der Waals surface area contributed by atoms with Crippen LogP contribution in [0.1, 0.15) is 45.4 Å². The Kier molecular flexibility index (Phi) is 6.00. The molecule has 0 saturated carbocycles. The van der Waals surface area contributed by atoms with Crippen molar-refractivity contribution in [1.29, 1.82) is 0 Å². The first-order chi connectivity index (χ1) is 14.5. The summed E-state index contributed by atoms with van der Waals surface area (Å²) in [6.45, 7) is 9.64. The third-order valence-electron chi connectivity index (χ3n) is 5.74.